The molecule has 1 aliphatic carbocycles. The highest BCUT2D eigenvalue weighted by molar-refractivity contribution is 8.02. The number of thioether (sulfide) groups is 1. The Morgan fingerprint density at radius 2 is 2.07 bits per heavy atom. The van der Waals surface area contributed by atoms with Gasteiger partial charge in [0.2, 0.25) is 17.8 Å². The van der Waals surface area contributed by atoms with Crippen LogP contribution in [0.15, 0.2) is 22.5 Å². The van der Waals surface area contributed by atoms with E-state index in [4.69, 9.17) is 9.47 Å². The molecule has 0 bridgehead atoms. The lowest BCUT2D eigenvalue weighted by atomic mass is 9.96. The van der Waals surface area contributed by atoms with Crippen LogP contribution in [-0.2, 0) is 11.3 Å². The van der Waals surface area contributed by atoms with E-state index in [1.165, 1.54) is 55.2 Å². The zero-order valence-corrected chi connectivity index (χ0v) is 17.4. The second-order valence-electron chi connectivity index (χ2n) is 7.02. The summed E-state index contributed by atoms with van der Waals surface area (Å²) in [5.74, 6) is 1.44. The van der Waals surface area contributed by atoms with Crippen molar-refractivity contribution in [3.63, 3.8) is 0 Å². The third-order valence-electron chi connectivity index (χ3n) is 4.89. The number of anilines is 1. The molecule has 2 heterocycles. The minimum absolute atomic E-state index is 0.0281. The molecule has 1 fully saturated rings. The van der Waals surface area contributed by atoms with Gasteiger partial charge in [-0.25, -0.2) is 0 Å². The Morgan fingerprint density at radius 1 is 1.25 bits per heavy atom. The van der Waals surface area contributed by atoms with E-state index < -0.39 is 0 Å². The van der Waals surface area contributed by atoms with Crippen molar-refractivity contribution >= 4 is 34.1 Å². The Labute approximate surface area is 172 Å². The molecule has 1 atom stereocenters. The lowest BCUT2D eigenvalue weighted by Crippen LogP contribution is -2.30. The van der Waals surface area contributed by atoms with Gasteiger partial charge in [0.1, 0.15) is 0 Å². The second-order valence-corrected chi connectivity index (χ2v) is 9.58. The Morgan fingerprint density at radius 3 is 2.93 bits per heavy atom. The predicted molar refractivity (Wildman–Crippen MR) is 110 cm³/mol. The third-order valence-corrected chi connectivity index (χ3v) is 6.93. The number of hydrogen-bond acceptors (Lipinski definition) is 8. The molecule has 1 aromatic heterocycles. The van der Waals surface area contributed by atoms with Gasteiger partial charge in [-0.3, -0.25) is 4.79 Å². The summed E-state index contributed by atoms with van der Waals surface area (Å²) in [4.78, 5) is 12.4. The van der Waals surface area contributed by atoms with E-state index >= 15 is 0 Å². The van der Waals surface area contributed by atoms with Gasteiger partial charge in [0, 0.05) is 12.6 Å². The van der Waals surface area contributed by atoms with Crippen LogP contribution in [0.1, 0.15) is 44.6 Å². The lowest BCUT2D eigenvalue weighted by molar-refractivity contribution is -0.120. The molecule has 0 saturated heterocycles. The highest BCUT2D eigenvalue weighted by atomic mass is 32.2. The molecule has 9 heteroatoms. The molecular formula is C19H24N4O3S2. The van der Waals surface area contributed by atoms with Gasteiger partial charge in [-0.05, 0) is 37.5 Å². The van der Waals surface area contributed by atoms with Crippen molar-refractivity contribution in [1.29, 1.82) is 0 Å². The summed E-state index contributed by atoms with van der Waals surface area (Å²) in [5.41, 5.74) is 0.977. The number of nitrogens with one attached hydrogen (secondary N) is 2. The SMILES string of the molecule is CC(Sc1nnc(NC2CCCCC2)s1)C(=O)NCc1ccc2c(c1)OCO2. The van der Waals surface area contributed by atoms with E-state index in [1.54, 1.807) is 0 Å². The number of hydrogen-bond donors (Lipinski definition) is 2. The highest BCUT2D eigenvalue weighted by Crippen LogP contribution is 2.33. The van der Waals surface area contributed by atoms with E-state index in [0.29, 0.717) is 12.6 Å². The zero-order valence-electron chi connectivity index (χ0n) is 15.8. The maximum Gasteiger partial charge on any atom is 0.233 e. The minimum Gasteiger partial charge on any atom is -0.454 e. The van der Waals surface area contributed by atoms with Crippen molar-refractivity contribution in [3.8, 4) is 11.5 Å². The number of carbonyl (C=O) groups excluding carboxylic acids is 1. The van der Waals surface area contributed by atoms with Gasteiger partial charge in [0.05, 0.1) is 5.25 Å². The third kappa shape index (κ3) is 4.88. The van der Waals surface area contributed by atoms with E-state index in [2.05, 4.69) is 20.8 Å². The van der Waals surface area contributed by atoms with E-state index in [-0.39, 0.29) is 18.0 Å². The summed E-state index contributed by atoms with van der Waals surface area (Å²) in [6.45, 7) is 2.58. The average Bonchev–Trinajstić information content (AvgIpc) is 3.35. The maximum absolute atomic E-state index is 12.4. The fourth-order valence-corrected chi connectivity index (χ4v) is 5.32. The summed E-state index contributed by atoms with van der Waals surface area (Å²) in [5, 5.41) is 15.5. The van der Waals surface area contributed by atoms with Crippen molar-refractivity contribution in [2.24, 2.45) is 0 Å². The van der Waals surface area contributed by atoms with Crippen molar-refractivity contribution in [2.45, 2.75) is 61.2 Å². The molecule has 28 heavy (non-hydrogen) atoms. The monoisotopic (exact) mass is 420 g/mol. The molecular weight excluding hydrogens is 396 g/mol. The van der Waals surface area contributed by atoms with Crippen LogP contribution in [0, 0.1) is 0 Å². The lowest BCUT2D eigenvalue weighted by Gasteiger charge is -2.21. The first kappa shape index (κ1) is 19.3. The summed E-state index contributed by atoms with van der Waals surface area (Å²) in [7, 11) is 0. The summed E-state index contributed by atoms with van der Waals surface area (Å²) < 4.78 is 11.5. The fourth-order valence-electron chi connectivity index (χ4n) is 3.33. The summed E-state index contributed by atoms with van der Waals surface area (Å²) in [6, 6.07) is 6.19. The van der Waals surface area contributed by atoms with Gasteiger partial charge < -0.3 is 20.1 Å². The number of nitrogens with zero attached hydrogens (tertiary/aromatic N) is 2. The van der Waals surface area contributed by atoms with Gasteiger partial charge in [0.15, 0.2) is 15.8 Å². The second kappa shape index (κ2) is 9.00. The Kier molecular flexibility index (Phi) is 6.21. The van der Waals surface area contributed by atoms with Crippen LogP contribution in [0.5, 0.6) is 11.5 Å². The predicted octanol–water partition coefficient (Wildman–Crippen LogP) is 3.81. The molecule has 1 unspecified atom stereocenters. The van der Waals surface area contributed by atoms with Gasteiger partial charge in [-0.2, -0.15) is 0 Å². The van der Waals surface area contributed by atoms with Crippen LogP contribution in [0.25, 0.3) is 0 Å². The van der Waals surface area contributed by atoms with Gasteiger partial charge >= 0.3 is 0 Å². The van der Waals surface area contributed by atoms with Crippen LogP contribution in [0.3, 0.4) is 0 Å². The standard InChI is InChI=1S/C19H24N4O3S2/c1-12(17(24)20-10-13-7-8-15-16(9-13)26-11-25-15)27-19-23-22-18(28-19)21-14-5-3-2-4-6-14/h7-9,12,14H,2-6,10-11H2,1H3,(H,20,24)(H,21,22). The molecule has 7 nitrogen and oxygen atoms in total. The average molecular weight is 421 g/mol. The number of amides is 1. The fraction of sp³-hybridized carbons (Fsp3) is 0.526. The normalized spacial score (nSPS) is 17.3. The van der Waals surface area contributed by atoms with Crippen LogP contribution in [-0.4, -0.2) is 34.2 Å². The van der Waals surface area contributed by atoms with E-state index in [1.807, 2.05) is 25.1 Å². The number of rotatable bonds is 7. The molecule has 2 N–H and O–H groups in total. The van der Waals surface area contributed by atoms with E-state index in [0.717, 1.165) is 26.5 Å². The number of fused-ring (bicyclic) bond motifs is 1. The summed E-state index contributed by atoms with van der Waals surface area (Å²) >= 11 is 2.96. The van der Waals surface area contributed by atoms with Gasteiger partial charge in [0.25, 0.3) is 0 Å². The first-order valence-electron chi connectivity index (χ1n) is 9.60. The molecule has 2 aromatic rings. The van der Waals surface area contributed by atoms with Crippen molar-refractivity contribution in [1.82, 2.24) is 15.5 Å². The van der Waals surface area contributed by atoms with Crippen molar-refractivity contribution in [3.05, 3.63) is 23.8 Å². The molecule has 1 saturated carbocycles. The van der Waals surface area contributed by atoms with Gasteiger partial charge in [-0.15, -0.1) is 10.2 Å². The number of carbonyl (C=O) groups is 1. The van der Waals surface area contributed by atoms with Crippen molar-refractivity contribution in [2.75, 3.05) is 12.1 Å². The molecule has 150 valence electrons. The van der Waals surface area contributed by atoms with Crippen LogP contribution >= 0.6 is 23.1 Å². The Balaban J connectivity index is 1.25. The highest BCUT2D eigenvalue weighted by Gasteiger charge is 2.19. The largest absolute Gasteiger partial charge is 0.454 e. The molecule has 1 amide bonds. The smallest absolute Gasteiger partial charge is 0.233 e. The van der Waals surface area contributed by atoms with E-state index in [9.17, 15) is 4.79 Å². The summed E-state index contributed by atoms with van der Waals surface area (Å²) in [6.07, 6.45) is 6.27. The van der Waals surface area contributed by atoms with Gasteiger partial charge in [-0.1, -0.05) is 48.4 Å². The van der Waals surface area contributed by atoms with Crippen molar-refractivity contribution < 1.29 is 14.3 Å². The maximum atomic E-state index is 12.4. The molecule has 0 spiro atoms. The number of benzene rings is 1. The molecule has 0 radical (unpaired) electrons. The molecule has 1 aliphatic heterocycles. The first-order chi connectivity index (χ1) is 13.7. The number of ether oxygens (including phenoxy) is 2. The quantitative estimate of drug-likeness (QED) is 0.659. The van der Waals surface area contributed by atoms with Crippen LogP contribution in [0.4, 0.5) is 5.13 Å². The number of aromatic nitrogens is 2. The zero-order chi connectivity index (χ0) is 19.3. The van der Waals surface area contributed by atoms with Crippen LogP contribution < -0.4 is 20.1 Å². The van der Waals surface area contributed by atoms with Crippen LogP contribution in [0.2, 0.25) is 0 Å². The first-order valence-corrected chi connectivity index (χ1v) is 11.3. The Bertz CT molecular complexity index is 823. The molecule has 2 aliphatic rings. The molecule has 4 rings (SSSR count). The minimum atomic E-state index is -0.246. The topological polar surface area (TPSA) is 85.4 Å². The Hall–Kier alpha value is -2.00. The molecule has 1 aromatic carbocycles.